The van der Waals surface area contributed by atoms with E-state index in [1.807, 2.05) is 60.6 Å². The third kappa shape index (κ3) is 5.18. The molecule has 8 heteroatoms. The van der Waals surface area contributed by atoms with Crippen LogP contribution >= 0.6 is 24.0 Å². The fraction of sp³-hybridized carbons (Fsp3) is 0.227. The molecule has 0 spiro atoms. The van der Waals surface area contributed by atoms with Crippen LogP contribution in [0, 0.1) is 0 Å². The molecule has 0 atom stereocenters. The van der Waals surface area contributed by atoms with Gasteiger partial charge in [0.1, 0.15) is 11.6 Å². The maximum atomic E-state index is 4.62. The van der Waals surface area contributed by atoms with Gasteiger partial charge in [-0.2, -0.15) is 0 Å². The molecule has 2 aromatic heterocycles. The molecular formula is C22H26IN7. The lowest BCUT2D eigenvalue weighted by atomic mass is 10.2. The number of rotatable bonds is 6. The first-order valence-electron chi connectivity index (χ1n) is 9.67. The summed E-state index contributed by atoms with van der Waals surface area (Å²) < 4.78 is 0. The molecule has 0 radical (unpaired) electrons. The van der Waals surface area contributed by atoms with Gasteiger partial charge in [-0.25, -0.2) is 9.97 Å². The van der Waals surface area contributed by atoms with E-state index in [1.165, 1.54) is 0 Å². The van der Waals surface area contributed by atoms with Gasteiger partial charge < -0.3 is 20.2 Å². The minimum Gasteiger partial charge on any atom is -0.356 e. The quantitative estimate of drug-likeness (QED) is 0.207. The van der Waals surface area contributed by atoms with Gasteiger partial charge in [-0.05, 0) is 17.7 Å². The Labute approximate surface area is 193 Å². The molecule has 156 valence electrons. The van der Waals surface area contributed by atoms with Crippen molar-refractivity contribution in [2.75, 3.05) is 20.6 Å². The molecule has 7 nitrogen and oxygen atoms in total. The second-order valence-corrected chi connectivity index (χ2v) is 6.89. The van der Waals surface area contributed by atoms with Gasteiger partial charge in [0, 0.05) is 27.1 Å². The highest BCUT2D eigenvalue weighted by Crippen LogP contribution is 2.16. The highest BCUT2D eigenvalue weighted by Gasteiger charge is 2.10. The van der Waals surface area contributed by atoms with Crippen LogP contribution in [0.3, 0.4) is 0 Å². The maximum absolute atomic E-state index is 4.62. The Morgan fingerprint density at radius 3 is 2.57 bits per heavy atom. The molecule has 0 saturated carbocycles. The summed E-state index contributed by atoms with van der Waals surface area (Å²) in [6.45, 7) is 1.38. The van der Waals surface area contributed by atoms with Crippen molar-refractivity contribution in [1.29, 1.82) is 0 Å². The van der Waals surface area contributed by atoms with Gasteiger partial charge in [-0.15, -0.1) is 24.0 Å². The van der Waals surface area contributed by atoms with Crippen LogP contribution in [0.4, 0.5) is 0 Å². The predicted octanol–water partition coefficient (Wildman–Crippen LogP) is 3.82. The van der Waals surface area contributed by atoms with Crippen LogP contribution < -0.4 is 5.32 Å². The first kappa shape index (κ1) is 21.8. The van der Waals surface area contributed by atoms with Gasteiger partial charge in [0.2, 0.25) is 0 Å². The summed E-state index contributed by atoms with van der Waals surface area (Å²) >= 11 is 0. The number of aliphatic imine (C=N–C) groups is 1. The van der Waals surface area contributed by atoms with E-state index in [0.717, 1.165) is 52.9 Å². The van der Waals surface area contributed by atoms with Crippen molar-refractivity contribution in [2.45, 2.75) is 13.0 Å². The summed E-state index contributed by atoms with van der Waals surface area (Å²) in [5, 5.41) is 3.40. The Morgan fingerprint density at radius 1 is 1.03 bits per heavy atom. The van der Waals surface area contributed by atoms with E-state index in [1.54, 1.807) is 7.05 Å². The van der Waals surface area contributed by atoms with Crippen molar-refractivity contribution in [2.24, 2.45) is 4.99 Å². The molecule has 4 rings (SSSR count). The van der Waals surface area contributed by atoms with Gasteiger partial charge in [-0.3, -0.25) is 4.99 Å². The van der Waals surface area contributed by atoms with Crippen LogP contribution in [0.5, 0.6) is 0 Å². The number of nitrogens with one attached hydrogen (secondary N) is 3. The number of para-hydroxylation sites is 2. The zero-order valence-electron chi connectivity index (χ0n) is 17.1. The number of hydrogen-bond acceptors (Lipinski definition) is 3. The maximum Gasteiger partial charge on any atom is 0.193 e. The van der Waals surface area contributed by atoms with E-state index in [0.29, 0.717) is 6.54 Å². The number of halogens is 1. The van der Waals surface area contributed by atoms with Crippen molar-refractivity contribution >= 4 is 41.0 Å². The second-order valence-electron chi connectivity index (χ2n) is 6.89. The lowest BCUT2D eigenvalue weighted by Gasteiger charge is -2.20. The van der Waals surface area contributed by atoms with Crippen molar-refractivity contribution < 1.29 is 0 Å². The number of H-pyrrole nitrogens is 2. The second kappa shape index (κ2) is 10.2. The summed E-state index contributed by atoms with van der Waals surface area (Å²) in [4.78, 5) is 22.3. The Balaban J connectivity index is 0.00000256. The summed E-state index contributed by atoms with van der Waals surface area (Å²) in [5.74, 6) is 2.68. The van der Waals surface area contributed by atoms with Crippen molar-refractivity contribution in [3.05, 3.63) is 72.4 Å². The SMILES string of the molecule is CN=C(NCCc1nc2ccccc2[nH]1)N(C)Cc1ncc(-c2ccccc2)[nH]1.I. The van der Waals surface area contributed by atoms with Crippen LogP contribution in [0.1, 0.15) is 11.6 Å². The minimum absolute atomic E-state index is 0. The van der Waals surface area contributed by atoms with Gasteiger partial charge >= 0.3 is 0 Å². The lowest BCUT2D eigenvalue weighted by molar-refractivity contribution is 0.464. The number of aromatic amines is 2. The molecule has 3 N–H and O–H groups in total. The molecule has 0 saturated heterocycles. The van der Waals surface area contributed by atoms with E-state index in [4.69, 9.17) is 0 Å². The third-order valence-electron chi connectivity index (χ3n) is 4.76. The van der Waals surface area contributed by atoms with Gasteiger partial charge in [-0.1, -0.05) is 42.5 Å². The van der Waals surface area contributed by atoms with Crippen molar-refractivity contribution in [3.63, 3.8) is 0 Å². The number of fused-ring (bicyclic) bond motifs is 1. The van der Waals surface area contributed by atoms with Gasteiger partial charge in [0.15, 0.2) is 5.96 Å². The smallest absolute Gasteiger partial charge is 0.193 e. The minimum atomic E-state index is 0. The molecule has 30 heavy (non-hydrogen) atoms. The van der Waals surface area contributed by atoms with E-state index < -0.39 is 0 Å². The fourth-order valence-corrected chi connectivity index (χ4v) is 3.31. The van der Waals surface area contributed by atoms with Crippen molar-refractivity contribution in [3.8, 4) is 11.3 Å². The summed E-state index contributed by atoms with van der Waals surface area (Å²) in [5.41, 5.74) is 4.20. The molecular weight excluding hydrogens is 489 g/mol. The van der Waals surface area contributed by atoms with E-state index in [-0.39, 0.29) is 24.0 Å². The Morgan fingerprint density at radius 2 is 1.80 bits per heavy atom. The van der Waals surface area contributed by atoms with Gasteiger partial charge in [0.25, 0.3) is 0 Å². The number of benzene rings is 2. The molecule has 4 aromatic rings. The molecule has 2 aromatic carbocycles. The third-order valence-corrected chi connectivity index (χ3v) is 4.76. The van der Waals surface area contributed by atoms with Crippen LogP contribution in [-0.4, -0.2) is 51.4 Å². The number of nitrogens with zero attached hydrogens (tertiary/aromatic N) is 4. The zero-order valence-corrected chi connectivity index (χ0v) is 19.4. The number of aromatic nitrogens is 4. The first-order chi connectivity index (χ1) is 14.2. The Hall–Kier alpha value is -2.88. The average molecular weight is 515 g/mol. The summed E-state index contributed by atoms with van der Waals surface area (Å²) in [7, 11) is 3.79. The fourth-order valence-electron chi connectivity index (χ4n) is 3.31. The first-order valence-corrected chi connectivity index (χ1v) is 9.67. The van der Waals surface area contributed by atoms with E-state index >= 15 is 0 Å². The Bertz CT molecular complexity index is 1070. The molecule has 0 bridgehead atoms. The molecule has 0 amide bonds. The average Bonchev–Trinajstić information content (AvgIpc) is 3.38. The topological polar surface area (TPSA) is 85.0 Å². The molecule has 0 aliphatic rings. The van der Waals surface area contributed by atoms with Crippen LogP contribution in [0.15, 0.2) is 65.8 Å². The highest BCUT2D eigenvalue weighted by atomic mass is 127. The van der Waals surface area contributed by atoms with Gasteiger partial charge in [0.05, 0.1) is 29.5 Å². The summed E-state index contributed by atoms with van der Waals surface area (Å²) in [6, 6.07) is 18.3. The summed E-state index contributed by atoms with van der Waals surface area (Å²) in [6.07, 6.45) is 2.66. The van der Waals surface area contributed by atoms with Crippen molar-refractivity contribution in [1.82, 2.24) is 30.2 Å². The largest absolute Gasteiger partial charge is 0.356 e. The zero-order chi connectivity index (χ0) is 20.1. The molecule has 0 fully saturated rings. The number of hydrogen-bond donors (Lipinski definition) is 3. The van der Waals surface area contributed by atoms with Crippen LogP contribution in [-0.2, 0) is 13.0 Å². The molecule has 0 unspecified atom stereocenters. The molecule has 0 aliphatic heterocycles. The molecule has 2 heterocycles. The van der Waals surface area contributed by atoms with E-state index in [9.17, 15) is 0 Å². The van der Waals surface area contributed by atoms with Crippen LogP contribution in [0.25, 0.3) is 22.3 Å². The standard InChI is InChI=1S/C22H25N7.HI/c1-23-22(24-13-12-20-26-17-10-6-7-11-18(17)27-20)29(2)15-21-25-14-19(28-21)16-8-4-3-5-9-16;/h3-11,14H,12-13,15H2,1-2H3,(H,23,24)(H,25,28)(H,26,27);1H. The monoisotopic (exact) mass is 515 g/mol. The number of guanidine groups is 1. The predicted molar refractivity (Wildman–Crippen MR) is 132 cm³/mol. The van der Waals surface area contributed by atoms with Crippen LogP contribution in [0.2, 0.25) is 0 Å². The van der Waals surface area contributed by atoms with E-state index in [2.05, 4.69) is 42.4 Å². The Kier molecular flexibility index (Phi) is 7.45. The normalized spacial score (nSPS) is 11.3. The molecule has 0 aliphatic carbocycles. The highest BCUT2D eigenvalue weighted by molar-refractivity contribution is 14.0. The number of imidazole rings is 2. The lowest BCUT2D eigenvalue weighted by Crippen LogP contribution is -2.39.